The maximum atomic E-state index is 13.4. The fourth-order valence-corrected chi connectivity index (χ4v) is 17.1. The molecule has 0 spiro atoms. The van der Waals surface area contributed by atoms with Crippen molar-refractivity contribution in [2.45, 2.75) is 37.9 Å². The van der Waals surface area contributed by atoms with Crippen LogP contribution in [0, 0.1) is 0 Å². The Morgan fingerprint density at radius 1 is 0.759 bits per heavy atom. The second kappa shape index (κ2) is 7.97. The molecule has 0 aromatic heterocycles. The summed E-state index contributed by atoms with van der Waals surface area (Å²) >= 11 is 0. The molecular formula is C15H22F6NO4PS2. The average Bonchev–Trinajstić information content (AvgIpc) is 2.60. The zero-order valence-electron chi connectivity index (χ0n) is 15.8. The third-order valence-corrected chi connectivity index (χ3v) is 19.5. The van der Waals surface area contributed by atoms with Crippen molar-refractivity contribution in [1.29, 1.82) is 0 Å². The number of alkyl halides is 6. The van der Waals surface area contributed by atoms with E-state index < -0.39 is 65.9 Å². The van der Waals surface area contributed by atoms with Crippen LogP contribution in [0.4, 0.5) is 26.3 Å². The molecule has 0 atom stereocenters. The van der Waals surface area contributed by atoms with E-state index in [9.17, 15) is 43.2 Å². The van der Waals surface area contributed by atoms with Gasteiger partial charge in [0, 0.05) is 0 Å². The molecule has 1 aromatic carbocycles. The van der Waals surface area contributed by atoms with Gasteiger partial charge in [-0.25, -0.2) is 0 Å². The van der Waals surface area contributed by atoms with Gasteiger partial charge in [0.25, 0.3) is 0 Å². The van der Waals surface area contributed by atoms with Crippen LogP contribution in [0.2, 0.25) is 0 Å². The second-order valence-corrected chi connectivity index (χ2v) is 17.3. The van der Waals surface area contributed by atoms with Crippen LogP contribution in [0.1, 0.15) is 26.3 Å². The summed E-state index contributed by atoms with van der Waals surface area (Å²) in [5.41, 5.74) is -12.2. The average molecular weight is 489 g/mol. The second-order valence-electron chi connectivity index (χ2n) is 6.58. The van der Waals surface area contributed by atoms with E-state index in [4.69, 9.17) is 0 Å². The predicted octanol–water partition coefficient (Wildman–Crippen LogP) is 4.72. The van der Waals surface area contributed by atoms with Crippen LogP contribution in [-0.4, -0.2) is 49.8 Å². The molecule has 0 fully saturated rings. The fraction of sp³-hybridized carbons (Fsp3) is 0.600. The van der Waals surface area contributed by atoms with E-state index in [0.29, 0.717) is 0 Å². The van der Waals surface area contributed by atoms with Crippen molar-refractivity contribution in [3.05, 3.63) is 35.9 Å². The summed E-state index contributed by atoms with van der Waals surface area (Å²) in [5.74, 6) is 0. The van der Waals surface area contributed by atoms with Gasteiger partial charge in [-0.2, -0.15) is 0 Å². The first kappa shape index (κ1) is 26.1. The van der Waals surface area contributed by atoms with Gasteiger partial charge in [0.1, 0.15) is 0 Å². The van der Waals surface area contributed by atoms with Gasteiger partial charge in [-0.05, 0) is 0 Å². The summed E-state index contributed by atoms with van der Waals surface area (Å²) in [6, 6.07) is 7.31. The SMILES string of the molecule is CCP(CC)(CC)(Cc1ccccc1)N(S(=O)(=O)C(F)(F)F)S(=O)(=O)C(F)(F)F. The molecular weight excluding hydrogens is 467 g/mol. The number of rotatable bonds is 8. The van der Waals surface area contributed by atoms with Gasteiger partial charge in [-0.3, -0.25) is 0 Å². The van der Waals surface area contributed by atoms with E-state index in [-0.39, 0.29) is 5.56 Å². The third-order valence-electron chi connectivity index (χ3n) is 5.33. The summed E-state index contributed by atoms with van der Waals surface area (Å²) < 4.78 is 129. The monoisotopic (exact) mass is 489 g/mol. The number of halogens is 6. The van der Waals surface area contributed by atoms with Gasteiger partial charge in [0.05, 0.1) is 0 Å². The molecule has 0 heterocycles. The molecule has 5 nitrogen and oxygen atoms in total. The van der Waals surface area contributed by atoms with Gasteiger partial charge in [0.2, 0.25) is 0 Å². The molecule has 170 valence electrons. The van der Waals surface area contributed by atoms with E-state index in [1.165, 1.54) is 45.0 Å². The van der Waals surface area contributed by atoms with Crippen molar-refractivity contribution in [2.75, 3.05) is 18.5 Å². The first-order valence-corrected chi connectivity index (χ1v) is 14.2. The van der Waals surface area contributed by atoms with Crippen LogP contribution in [0.15, 0.2) is 30.3 Å². The molecule has 0 unspecified atom stereocenters. The Morgan fingerprint density at radius 3 is 1.38 bits per heavy atom. The third kappa shape index (κ3) is 4.28. The normalized spacial score (nSPS) is 15.9. The Hall–Kier alpha value is -0.910. The standard InChI is InChI=1S/C15H22F6NO4PS2/c1-4-27(5-2,6-3,12-13-10-8-7-9-11-13)22(28(23,24)14(16,17)18)29(25,26)15(19,20)21/h7-11H,4-6,12H2,1-3H3. The van der Waals surface area contributed by atoms with Crippen molar-refractivity contribution >= 4 is 26.8 Å². The van der Waals surface area contributed by atoms with Crippen LogP contribution in [0.3, 0.4) is 0 Å². The molecule has 14 heteroatoms. The number of hydrogen-bond donors (Lipinski definition) is 0. The van der Waals surface area contributed by atoms with Crippen molar-refractivity contribution in [1.82, 2.24) is 3.48 Å². The zero-order chi connectivity index (χ0) is 23.0. The molecule has 0 aliphatic heterocycles. The van der Waals surface area contributed by atoms with Crippen LogP contribution in [-0.2, 0) is 26.2 Å². The fourth-order valence-electron chi connectivity index (χ4n) is 3.38. The summed E-state index contributed by atoms with van der Waals surface area (Å²) in [4.78, 5) is 0. The Kier molecular flexibility index (Phi) is 7.18. The zero-order valence-corrected chi connectivity index (χ0v) is 18.4. The Bertz CT molecular complexity index is 871. The number of nitrogens with zero attached hydrogens (tertiary/aromatic N) is 1. The quantitative estimate of drug-likeness (QED) is 0.392. The maximum absolute atomic E-state index is 13.4. The van der Waals surface area contributed by atoms with Crippen molar-refractivity contribution in [3.8, 4) is 0 Å². The Balaban J connectivity index is 4.13. The first-order chi connectivity index (χ1) is 12.9. The predicted molar refractivity (Wildman–Crippen MR) is 100 cm³/mol. The van der Waals surface area contributed by atoms with Crippen molar-refractivity contribution < 1.29 is 43.2 Å². The molecule has 1 rings (SSSR count). The van der Waals surface area contributed by atoms with Gasteiger partial charge in [-0.1, -0.05) is 0 Å². The minimum atomic E-state index is -6.87. The van der Waals surface area contributed by atoms with E-state index in [1.54, 1.807) is 6.07 Å². The molecule has 0 radical (unpaired) electrons. The van der Waals surface area contributed by atoms with Crippen LogP contribution in [0.25, 0.3) is 0 Å². The Morgan fingerprint density at radius 2 is 1.10 bits per heavy atom. The Labute approximate surface area is 166 Å². The van der Waals surface area contributed by atoms with E-state index in [2.05, 4.69) is 0 Å². The number of hydrogen-bond acceptors (Lipinski definition) is 4. The van der Waals surface area contributed by atoms with Gasteiger partial charge in [0.15, 0.2) is 0 Å². The van der Waals surface area contributed by atoms with Crippen molar-refractivity contribution in [2.24, 2.45) is 0 Å². The van der Waals surface area contributed by atoms with Crippen LogP contribution in [0.5, 0.6) is 0 Å². The minimum absolute atomic E-state index is 0.246. The first-order valence-electron chi connectivity index (χ1n) is 8.42. The van der Waals surface area contributed by atoms with Crippen LogP contribution >= 0.6 is 6.75 Å². The van der Waals surface area contributed by atoms with E-state index in [0.717, 1.165) is 0 Å². The topological polar surface area (TPSA) is 71.5 Å². The molecule has 0 bridgehead atoms. The summed E-state index contributed by atoms with van der Waals surface area (Å²) in [6.45, 7) is -1.26. The summed E-state index contributed by atoms with van der Waals surface area (Å²) in [7, 11) is -13.7. The molecule has 0 saturated carbocycles. The van der Waals surface area contributed by atoms with Gasteiger partial charge >= 0.3 is 166 Å². The summed E-state index contributed by atoms with van der Waals surface area (Å²) in [6.07, 6.45) is -2.01. The molecule has 29 heavy (non-hydrogen) atoms. The van der Waals surface area contributed by atoms with Gasteiger partial charge in [-0.15, -0.1) is 0 Å². The molecule has 0 N–H and O–H groups in total. The van der Waals surface area contributed by atoms with E-state index >= 15 is 0 Å². The number of sulfonamides is 2. The summed E-state index contributed by atoms with van der Waals surface area (Å²) in [5, 5.41) is 0. The molecule has 0 saturated heterocycles. The molecule has 0 amide bonds. The van der Waals surface area contributed by atoms with E-state index in [1.807, 2.05) is 0 Å². The van der Waals surface area contributed by atoms with Crippen LogP contribution < -0.4 is 0 Å². The molecule has 0 aliphatic rings. The molecule has 0 aliphatic carbocycles. The van der Waals surface area contributed by atoms with Gasteiger partial charge < -0.3 is 0 Å². The molecule has 1 aromatic rings. The number of benzene rings is 1. The van der Waals surface area contributed by atoms with Crippen molar-refractivity contribution in [3.63, 3.8) is 0 Å².